The maximum absolute atomic E-state index is 13.5. The quantitative estimate of drug-likeness (QED) is 0.337. The van der Waals surface area contributed by atoms with E-state index in [1.54, 1.807) is 23.9 Å². The average molecular weight is 415 g/mol. The van der Waals surface area contributed by atoms with Crippen LogP contribution in [0.2, 0.25) is 0 Å². The number of fused-ring (bicyclic) bond motifs is 1. The summed E-state index contributed by atoms with van der Waals surface area (Å²) >= 11 is 1.71. The van der Waals surface area contributed by atoms with E-state index < -0.39 is 0 Å². The SMILES string of the molecule is CSc1ccc(-c2c(C)nn3c(-c4ccc(F)cc4)cc(-n4cccc4)nc23)cc1. The molecule has 148 valence electrons. The minimum atomic E-state index is -0.263. The van der Waals surface area contributed by atoms with E-state index >= 15 is 0 Å². The highest BCUT2D eigenvalue weighted by molar-refractivity contribution is 7.98. The van der Waals surface area contributed by atoms with Crippen LogP contribution in [0.5, 0.6) is 0 Å². The monoisotopic (exact) mass is 414 g/mol. The number of hydrogen-bond donors (Lipinski definition) is 0. The first kappa shape index (κ1) is 18.6. The zero-order valence-electron chi connectivity index (χ0n) is 16.6. The number of benzene rings is 2. The molecule has 0 saturated carbocycles. The fourth-order valence-electron chi connectivity index (χ4n) is 3.65. The van der Waals surface area contributed by atoms with Gasteiger partial charge in [0.15, 0.2) is 5.65 Å². The third kappa shape index (κ3) is 3.19. The van der Waals surface area contributed by atoms with Gasteiger partial charge >= 0.3 is 0 Å². The Balaban J connectivity index is 1.80. The molecule has 0 N–H and O–H groups in total. The van der Waals surface area contributed by atoms with Crippen LogP contribution in [0, 0.1) is 12.7 Å². The third-order valence-electron chi connectivity index (χ3n) is 5.14. The van der Waals surface area contributed by atoms with E-state index in [2.05, 4.69) is 30.5 Å². The average Bonchev–Trinajstić information content (AvgIpc) is 3.41. The zero-order chi connectivity index (χ0) is 20.7. The van der Waals surface area contributed by atoms with Gasteiger partial charge in [-0.1, -0.05) is 12.1 Å². The Morgan fingerprint density at radius 2 is 1.57 bits per heavy atom. The van der Waals surface area contributed by atoms with Crippen molar-refractivity contribution >= 4 is 17.4 Å². The van der Waals surface area contributed by atoms with Crippen LogP contribution in [-0.2, 0) is 0 Å². The molecule has 3 aromatic heterocycles. The van der Waals surface area contributed by atoms with Crippen molar-refractivity contribution in [2.24, 2.45) is 0 Å². The Kier molecular flexibility index (Phi) is 4.64. The molecule has 5 rings (SSSR count). The van der Waals surface area contributed by atoms with Crippen molar-refractivity contribution in [3.8, 4) is 28.2 Å². The summed E-state index contributed by atoms with van der Waals surface area (Å²) in [5.41, 5.74) is 5.48. The van der Waals surface area contributed by atoms with E-state index in [0.717, 1.165) is 39.5 Å². The van der Waals surface area contributed by atoms with Crippen molar-refractivity contribution in [1.82, 2.24) is 19.2 Å². The molecule has 0 fully saturated rings. The summed E-state index contributed by atoms with van der Waals surface area (Å²) < 4.78 is 17.4. The highest BCUT2D eigenvalue weighted by Crippen LogP contribution is 2.32. The second-order valence-corrected chi connectivity index (χ2v) is 7.90. The lowest BCUT2D eigenvalue weighted by molar-refractivity contribution is 0.628. The maximum atomic E-state index is 13.5. The predicted molar refractivity (Wildman–Crippen MR) is 120 cm³/mol. The van der Waals surface area contributed by atoms with E-state index in [4.69, 9.17) is 10.1 Å². The van der Waals surface area contributed by atoms with Crippen LogP contribution in [0.1, 0.15) is 5.69 Å². The van der Waals surface area contributed by atoms with Crippen molar-refractivity contribution in [3.63, 3.8) is 0 Å². The minimum Gasteiger partial charge on any atom is -0.309 e. The molecule has 0 unspecified atom stereocenters. The first-order valence-electron chi connectivity index (χ1n) is 9.58. The first-order chi connectivity index (χ1) is 14.6. The van der Waals surface area contributed by atoms with E-state index in [9.17, 15) is 4.39 Å². The smallest absolute Gasteiger partial charge is 0.166 e. The van der Waals surface area contributed by atoms with E-state index in [1.165, 1.54) is 17.0 Å². The first-order valence-corrected chi connectivity index (χ1v) is 10.8. The van der Waals surface area contributed by atoms with Gasteiger partial charge in [0.2, 0.25) is 0 Å². The highest BCUT2D eigenvalue weighted by atomic mass is 32.2. The van der Waals surface area contributed by atoms with Gasteiger partial charge in [0.25, 0.3) is 0 Å². The molecule has 0 spiro atoms. The largest absolute Gasteiger partial charge is 0.309 e. The lowest BCUT2D eigenvalue weighted by atomic mass is 10.1. The molecule has 6 heteroatoms. The second-order valence-electron chi connectivity index (χ2n) is 7.02. The van der Waals surface area contributed by atoms with Crippen LogP contribution in [-0.4, -0.2) is 25.4 Å². The lowest BCUT2D eigenvalue weighted by Gasteiger charge is -2.10. The molecule has 0 radical (unpaired) electrons. The number of thioether (sulfide) groups is 1. The fourth-order valence-corrected chi connectivity index (χ4v) is 4.06. The van der Waals surface area contributed by atoms with Gasteiger partial charge in [-0.05, 0) is 67.3 Å². The molecule has 3 heterocycles. The Bertz CT molecular complexity index is 1320. The van der Waals surface area contributed by atoms with Crippen LogP contribution < -0.4 is 0 Å². The second kappa shape index (κ2) is 7.46. The molecule has 0 atom stereocenters. The van der Waals surface area contributed by atoms with Crippen LogP contribution in [0.15, 0.2) is 84.0 Å². The molecule has 0 aliphatic carbocycles. The van der Waals surface area contributed by atoms with Crippen molar-refractivity contribution < 1.29 is 4.39 Å². The van der Waals surface area contributed by atoms with Gasteiger partial charge in [0, 0.05) is 34.5 Å². The van der Waals surface area contributed by atoms with Gasteiger partial charge in [-0.25, -0.2) is 13.9 Å². The van der Waals surface area contributed by atoms with Gasteiger partial charge in [-0.15, -0.1) is 11.8 Å². The van der Waals surface area contributed by atoms with E-state index in [-0.39, 0.29) is 5.82 Å². The number of rotatable bonds is 4. The molecular formula is C24H19FN4S. The highest BCUT2D eigenvalue weighted by Gasteiger charge is 2.18. The summed E-state index contributed by atoms with van der Waals surface area (Å²) in [5, 5.41) is 4.80. The normalized spacial score (nSPS) is 11.3. The molecule has 0 amide bonds. The van der Waals surface area contributed by atoms with Crippen LogP contribution in [0.25, 0.3) is 33.8 Å². The van der Waals surface area contributed by atoms with Crippen molar-refractivity contribution in [3.05, 3.63) is 90.6 Å². The van der Waals surface area contributed by atoms with Crippen molar-refractivity contribution in [1.29, 1.82) is 0 Å². The molecule has 0 aliphatic rings. The van der Waals surface area contributed by atoms with E-state index in [1.807, 2.05) is 46.6 Å². The Labute approximate surface area is 178 Å². The molecule has 2 aromatic carbocycles. The number of hydrogen-bond acceptors (Lipinski definition) is 3. The van der Waals surface area contributed by atoms with Gasteiger partial charge in [-0.3, -0.25) is 0 Å². The van der Waals surface area contributed by atoms with Gasteiger partial charge in [0.05, 0.1) is 11.4 Å². The molecule has 0 aliphatic heterocycles. The number of aromatic nitrogens is 4. The number of halogens is 1. The minimum absolute atomic E-state index is 0.263. The van der Waals surface area contributed by atoms with Crippen molar-refractivity contribution in [2.75, 3.05) is 6.26 Å². The summed E-state index contributed by atoms with van der Waals surface area (Å²) in [6.07, 6.45) is 5.99. The van der Waals surface area contributed by atoms with Gasteiger partial charge in [0.1, 0.15) is 11.6 Å². The van der Waals surface area contributed by atoms with E-state index in [0.29, 0.717) is 0 Å². The summed E-state index contributed by atoms with van der Waals surface area (Å²) in [6.45, 7) is 2.00. The number of aryl methyl sites for hydroxylation is 1. The summed E-state index contributed by atoms with van der Waals surface area (Å²) in [4.78, 5) is 6.15. The summed E-state index contributed by atoms with van der Waals surface area (Å²) in [5.74, 6) is 0.523. The molecule has 4 nitrogen and oxygen atoms in total. The molecular weight excluding hydrogens is 395 g/mol. The van der Waals surface area contributed by atoms with Crippen molar-refractivity contribution in [2.45, 2.75) is 11.8 Å². The molecule has 5 aromatic rings. The zero-order valence-corrected chi connectivity index (χ0v) is 17.4. The Hall–Kier alpha value is -3.38. The third-order valence-corrected chi connectivity index (χ3v) is 5.88. The lowest BCUT2D eigenvalue weighted by Crippen LogP contribution is -2.02. The van der Waals surface area contributed by atoms with Gasteiger partial charge < -0.3 is 4.57 Å². The number of nitrogens with zero attached hydrogens (tertiary/aromatic N) is 4. The van der Waals surface area contributed by atoms with Crippen LogP contribution in [0.4, 0.5) is 4.39 Å². The standard InChI is InChI=1S/C24H19FN4S/c1-16-23(18-7-11-20(30-2)12-8-18)24-26-22(28-13-3-4-14-28)15-21(29(24)27-16)17-5-9-19(25)10-6-17/h3-15H,1-2H3. The van der Waals surface area contributed by atoms with Crippen LogP contribution >= 0.6 is 11.8 Å². The van der Waals surface area contributed by atoms with Gasteiger partial charge in [-0.2, -0.15) is 5.10 Å². The Morgan fingerprint density at radius 3 is 2.23 bits per heavy atom. The van der Waals surface area contributed by atoms with Crippen LogP contribution in [0.3, 0.4) is 0 Å². The summed E-state index contributed by atoms with van der Waals surface area (Å²) in [6, 6.07) is 20.8. The molecule has 30 heavy (non-hydrogen) atoms. The summed E-state index contributed by atoms with van der Waals surface area (Å²) in [7, 11) is 0. The Morgan fingerprint density at radius 1 is 0.900 bits per heavy atom. The predicted octanol–water partition coefficient (Wildman–Crippen LogP) is 6.02. The molecule has 0 bridgehead atoms. The fraction of sp³-hybridized carbons (Fsp3) is 0.0833. The molecule has 0 saturated heterocycles. The topological polar surface area (TPSA) is 35.1 Å². The maximum Gasteiger partial charge on any atom is 0.166 e.